The van der Waals surface area contributed by atoms with Crippen molar-refractivity contribution >= 4 is 56.0 Å². The number of anilines is 1. The quantitative estimate of drug-likeness (QED) is 0.231. The molecule has 7 nitrogen and oxygen atoms in total. The SMILES string of the molecule is CCN(CC)CCN(C(=O)C=Cc1cccc([N+](=O)[O-])c1)c1nc2c(C)cc(Cl)cc2s1. The predicted octanol–water partition coefficient (Wildman–Crippen LogP) is 5.55. The van der Waals surface area contributed by atoms with Crippen LogP contribution in [0, 0.1) is 17.0 Å². The summed E-state index contributed by atoms with van der Waals surface area (Å²) in [7, 11) is 0. The van der Waals surface area contributed by atoms with Crippen molar-refractivity contribution in [2.75, 3.05) is 31.1 Å². The summed E-state index contributed by atoms with van der Waals surface area (Å²) in [5.74, 6) is -0.230. The molecule has 0 aliphatic rings. The lowest BCUT2D eigenvalue weighted by atomic mass is 10.2. The van der Waals surface area contributed by atoms with Gasteiger partial charge >= 0.3 is 0 Å². The molecule has 0 unspecified atom stereocenters. The largest absolute Gasteiger partial charge is 0.302 e. The maximum atomic E-state index is 13.2. The molecule has 168 valence electrons. The Balaban J connectivity index is 1.91. The Bertz CT molecular complexity index is 1160. The molecule has 0 aliphatic heterocycles. The Kier molecular flexibility index (Phi) is 7.95. The number of carbonyl (C=O) groups excluding carboxylic acids is 1. The number of hydrogen-bond donors (Lipinski definition) is 0. The van der Waals surface area contributed by atoms with Crippen LogP contribution in [-0.4, -0.2) is 46.9 Å². The van der Waals surface area contributed by atoms with E-state index in [2.05, 4.69) is 18.7 Å². The molecule has 0 radical (unpaired) electrons. The molecule has 1 amide bonds. The summed E-state index contributed by atoms with van der Waals surface area (Å²) in [5.41, 5.74) is 2.36. The number of benzene rings is 2. The van der Waals surface area contributed by atoms with E-state index in [4.69, 9.17) is 16.6 Å². The number of thiazole rings is 1. The Hall–Kier alpha value is -2.81. The topological polar surface area (TPSA) is 79.6 Å². The molecule has 0 spiro atoms. The molecule has 0 atom stereocenters. The second kappa shape index (κ2) is 10.7. The number of halogens is 1. The molecule has 2 aromatic carbocycles. The van der Waals surface area contributed by atoms with Gasteiger partial charge in [0, 0.05) is 36.3 Å². The van der Waals surface area contributed by atoms with E-state index in [9.17, 15) is 14.9 Å². The molecular formula is C23H25ClN4O3S. The van der Waals surface area contributed by atoms with Gasteiger partial charge in [-0.25, -0.2) is 4.98 Å². The van der Waals surface area contributed by atoms with Crippen molar-refractivity contribution in [2.45, 2.75) is 20.8 Å². The van der Waals surface area contributed by atoms with Crippen LogP contribution < -0.4 is 4.90 Å². The van der Waals surface area contributed by atoms with Gasteiger partial charge in [0.25, 0.3) is 11.6 Å². The van der Waals surface area contributed by atoms with Gasteiger partial charge in [0.2, 0.25) is 0 Å². The fourth-order valence-corrected chi connectivity index (χ4v) is 4.79. The van der Waals surface area contributed by atoms with E-state index in [0.717, 1.165) is 28.9 Å². The Morgan fingerprint density at radius 2 is 1.97 bits per heavy atom. The van der Waals surface area contributed by atoms with Gasteiger partial charge in [-0.1, -0.05) is 48.9 Å². The highest BCUT2D eigenvalue weighted by Crippen LogP contribution is 2.33. The van der Waals surface area contributed by atoms with Gasteiger partial charge in [0.05, 0.1) is 15.1 Å². The number of non-ortho nitro benzene ring substituents is 1. The van der Waals surface area contributed by atoms with Crippen LogP contribution in [0.25, 0.3) is 16.3 Å². The summed E-state index contributed by atoms with van der Waals surface area (Å²) >= 11 is 7.63. The van der Waals surface area contributed by atoms with E-state index in [1.165, 1.54) is 29.5 Å². The first kappa shape index (κ1) is 23.8. The fourth-order valence-electron chi connectivity index (χ4n) is 3.34. The van der Waals surface area contributed by atoms with Crippen LogP contribution in [0.5, 0.6) is 0 Å². The number of amides is 1. The molecule has 32 heavy (non-hydrogen) atoms. The van der Waals surface area contributed by atoms with Crippen molar-refractivity contribution in [2.24, 2.45) is 0 Å². The zero-order valence-corrected chi connectivity index (χ0v) is 19.8. The highest BCUT2D eigenvalue weighted by atomic mass is 35.5. The van der Waals surface area contributed by atoms with Crippen LogP contribution in [0.2, 0.25) is 5.02 Å². The molecule has 0 bridgehead atoms. The highest BCUT2D eigenvalue weighted by Gasteiger charge is 2.19. The molecule has 0 fully saturated rings. The summed E-state index contributed by atoms with van der Waals surface area (Å²) in [5, 5.41) is 12.3. The molecule has 3 aromatic rings. The number of nitrogens with zero attached hydrogens (tertiary/aromatic N) is 4. The highest BCUT2D eigenvalue weighted by molar-refractivity contribution is 7.22. The average molecular weight is 473 g/mol. The van der Waals surface area contributed by atoms with Crippen molar-refractivity contribution in [1.82, 2.24) is 9.88 Å². The van der Waals surface area contributed by atoms with Gasteiger partial charge in [-0.2, -0.15) is 0 Å². The number of hydrogen-bond acceptors (Lipinski definition) is 6. The number of rotatable bonds is 9. The summed E-state index contributed by atoms with van der Waals surface area (Å²) < 4.78 is 0.924. The standard InChI is InChI=1S/C23H25ClN4O3S/c1-4-26(5-2)11-12-27(23-25-22-16(3)13-18(24)15-20(22)32-23)21(29)10-9-17-7-6-8-19(14-17)28(30)31/h6-10,13-15H,4-5,11-12H2,1-3H3. The third-order valence-corrected chi connectivity index (χ3v) is 6.41. The number of fused-ring (bicyclic) bond motifs is 1. The van der Waals surface area contributed by atoms with E-state index in [1.807, 2.05) is 19.1 Å². The summed E-state index contributed by atoms with van der Waals surface area (Å²) in [6, 6.07) is 9.90. The first-order valence-electron chi connectivity index (χ1n) is 10.4. The van der Waals surface area contributed by atoms with Gasteiger partial charge < -0.3 is 4.90 Å². The molecular weight excluding hydrogens is 448 g/mol. The summed E-state index contributed by atoms with van der Waals surface area (Å²) in [6.07, 6.45) is 3.03. The third-order valence-electron chi connectivity index (χ3n) is 5.17. The van der Waals surface area contributed by atoms with E-state index in [1.54, 1.807) is 23.1 Å². The van der Waals surface area contributed by atoms with E-state index < -0.39 is 4.92 Å². The zero-order chi connectivity index (χ0) is 23.3. The van der Waals surface area contributed by atoms with E-state index in [0.29, 0.717) is 28.8 Å². The van der Waals surface area contributed by atoms with Crippen molar-refractivity contribution in [1.29, 1.82) is 0 Å². The average Bonchev–Trinajstić information content (AvgIpc) is 3.19. The predicted molar refractivity (Wildman–Crippen MR) is 132 cm³/mol. The third kappa shape index (κ3) is 5.70. The Morgan fingerprint density at radius 3 is 2.66 bits per heavy atom. The van der Waals surface area contributed by atoms with Crippen LogP contribution in [0.4, 0.5) is 10.8 Å². The number of carbonyl (C=O) groups is 1. The minimum atomic E-state index is -0.454. The van der Waals surface area contributed by atoms with E-state index >= 15 is 0 Å². The Morgan fingerprint density at radius 1 is 1.22 bits per heavy atom. The lowest BCUT2D eigenvalue weighted by Gasteiger charge is -2.23. The molecule has 1 heterocycles. The summed E-state index contributed by atoms with van der Waals surface area (Å²) in [6.45, 7) is 9.07. The van der Waals surface area contributed by atoms with Gasteiger partial charge in [0.1, 0.15) is 0 Å². The number of aromatic nitrogens is 1. The number of nitro groups is 1. The molecule has 0 N–H and O–H groups in total. The molecule has 0 saturated carbocycles. The summed E-state index contributed by atoms with van der Waals surface area (Å²) in [4.78, 5) is 32.4. The van der Waals surface area contributed by atoms with Gasteiger partial charge in [-0.15, -0.1) is 0 Å². The zero-order valence-electron chi connectivity index (χ0n) is 18.2. The van der Waals surface area contributed by atoms with E-state index in [-0.39, 0.29) is 11.6 Å². The van der Waals surface area contributed by atoms with Gasteiger partial charge in [-0.3, -0.25) is 19.8 Å². The minimum absolute atomic E-state index is 0.0171. The Labute approximate surface area is 196 Å². The van der Waals surface area contributed by atoms with Crippen LogP contribution >= 0.6 is 22.9 Å². The molecule has 9 heteroatoms. The van der Waals surface area contributed by atoms with Crippen molar-refractivity contribution < 1.29 is 9.72 Å². The molecule has 0 saturated heterocycles. The second-order valence-electron chi connectivity index (χ2n) is 7.27. The number of nitro benzene ring substituents is 1. The first-order valence-corrected chi connectivity index (χ1v) is 11.5. The molecule has 0 aliphatic carbocycles. The van der Waals surface area contributed by atoms with Crippen LogP contribution in [0.1, 0.15) is 25.0 Å². The lowest BCUT2D eigenvalue weighted by Crippen LogP contribution is -2.38. The first-order chi connectivity index (χ1) is 15.3. The van der Waals surface area contributed by atoms with Crippen LogP contribution in [0.15, 0.2) is 42.5 Å². The van der Waals surface area contributed by atoms with Gasteiger partial charge in [0.15, 0.2) is 5.13 Å². The van der Waals surface area contributed by atoms with Crippen molar-refractivity contribution in [3.05, 3.63) is 68.7 Å². The number of aryl methyl sites for hydroxylation is 1. The van der Waals surface area contributed by atoms with Crippen LogP contribution in [-0.2, 0) is 4.79 Å². The number of likely N-dealkylation sites (N-methyl/N-ethyl adjacent to an activating group) is 1. The van der Waals surface area contributed by atoms with Crippen molar-refractivity contribution in [3.8, 4) is 0 Å². The van der Waals surface area contributed by atoms with Crippen LogP contribution in [0.3, 0.4) is 0 Å². The lowest BCUT2D eigenvalue weighted by molar-refractivity contribution is -0.384. The molecule has 3 rings (SSSR count). The maximum Gasteiger partial charge on any atom is 0.270 e. The smallest absolute Gasteiger partial charge is 0.270 e. The fraction of sp³-hybridized carbons (Fsp3) is 0.304. The maximum absolute atomic E-state index is 13.2. The molecule has 1 aromatic heterocycles. The monoisotopic (exact) mass is 472 g/mol. The normalized spacial score (nSPS) is 11.5. The van der Waals surface area contributed by atoms with Gasteiger partial charge in [-0.05, 0) is 49.3 Å². The second-order valence-corrected chi connectivity index (χ2v) is 8.71. The minimum Gasteiger partial charge on any atom is -0.302 e. The van der Waals surface area contributed by atoms with Crippen molar-refractivity contribution in [3.63, 3.8) is 0 Å².